The zero-order valence-corrected chi connectivity index (χ0v) is 21.9. The molecule has 1 saturated carbocycles. The second-order valence-corrected chi connectivity index (χ2v) is 10.7. The van der Waals surface area contributed by atoms with Gasteiger partial charge in [0.15, 0.2) is 11.5 Å². The highest BCUT2D eigenvalue weighted by Crippen LogP contribution is 2.40. The Morgan fingerprint density at radius 1 is 1.14 bits per heavy atom. The van der Waals surface area contributed by atoms with E-state index in [4.69, 9.17) is 9.47 Å². The number of hydrogen-bond acceptors (Lipinski definition) is 7. The minimum absolute atomic E-state index is 0.0293. The summed E-state index contributed by atoms with van der Waals surface area (Å²) in [7, 11) is 3.20. The van der Waals surface area contributed by atoms with Crippen molar-refractivity contribution in [3.05, 3.63) is 28.7 Å². The quantitative estimate of drug-likeness (QED) is 0.528. The topological polar surface area (TPSA) is 83.1 Å². The fourth-order valence-corrected chi connectivity index (χ4v) is 6.43. The second kappa shape index (κ2) is 12.1. The van der Waals surface area contributed by atoms with Gasteiger partial charge in [0.2, 0.25) is 5.91 Å². The average molecular weight is 503 g/mol. The molecule has 2 amide bonds. The van der Waals surface area contributed by atoms with Gasteiger partial charge in [0, 0.05) is 56.5 Å². The van der Waals surface area contributed by atoms with Gasteiger partial charge in [-0.05, 0) is 49.6 Å². The van der Waals surface area contributed by atoms with Crippen molar-refractivity contribution >= 4 is 29.7 Å². The number of likely N-dealkylation sites (N-methyl/N-ethyl adjacent to an activating group) is 1. The molecular weight excluding hydrogens is 464 g/mol. The number of carbonyl (C=O) groups excluding carboxylic acids is 2. The predicted octanol–water partition coefficient (Wildman–Crippen LogP) is 2.20. The van der Waals surface area contributed by atoms with Crippen LogP contribution in [-0.4, -0.2) is 92.9 Å². The van der Waals surface area contributed by atoms with Gasteiger partial charge in [0.25, 0.3) is 5.91 Å². The van der Waals surface area contributed by atoms with E-state index in [-0.39, 0.29) is 29.0 Å². The molecule has 2 heterocycles. The van der Waals surface area contributed by atoms with Crippen LogP contribution in [0.15, 0.2) is 23.1 Å². The number of thioether (sulfide) groups is 1. The first-order chi connectivity index (χ1) is 17.0. The molecule has 192 valence electrons. The van der Waals surface area contributed by atoms with Gasteiger partial charge < -0.3 is 25.0 Å². The van der Waals surface area contributed by atoms with Gasteiger partial charge in [-0.3, -0.25) is 14.5 Å². The Hall–Kier alpha value is -2.23. The van der Waals surface area contributed by atoms with Crippen LogP contribution in [0, 0.1) is 5.92 Å². The molecule has 9 heteroatoms. The number of rotatable bonds is 8. The Labute approximate surface area is 212 Å². The summed E-state index contributed by atoms with van der Waals surface area (Å²) in [6.07, 6.45) is 4.37. The first kappa shape index (κ1) is 25.9. The molecule has 0 aromatic heterocycles. The van der Waals surface area contributed by atoms with E-state index in [0.29, 0.717) is 29.4 Å². The number of carbonyl (C=O) groups is 2. The maximum Gasteiger partial charge on any atom is 0.257 e. The lowest BCUT2D eigenvalue weighted by molar-refractivity contribution is -0.127. The number of hydrogen-bond donors (Lipinski definition) is 2. The number of ether oxygens (including phenoxy) is 2. The molecule has 1 aromatic carbocycles. The molecule has 2 aliphatic heterocycles. The number of nitrogens with one attached hydrogen (secondary N) is 2. The van der Waals surface area contributed by atoms with E-state index >= 15 is 0 Å². The smallest absolute Gasteiger partial charge is 0.257 e. The number of piperazine rings is 1. The van der Waals surface area contributed by atoms with Crippen LogP contribution < -0.4 is 20.1 Å². The molecular formula is C26H38N4O4S. The van der Waals surface area contributed by atoms with Crippen LogP contribution in [0.4, 0.5) is 0 Å². The molecule has 3 fully saturated rings. The number of methoxy groups -OCH3 is 2. The van der Waals surface area contributed by atoms with Crippen molar-refractivity contribution < 1.29 is 19.1 Å². The van der Waals surface area contributed by atoms with Crippen molar-refractivity contribution in [2.75, 3.05) is 60.0 Å². The van der Waals surface area contributed by atoms with Gasteiger partial charge in [-0.25, -0.2) is 0 Å². The van der Waals surface area contributed by atoms with E-state index in [1.807, 2.05) is 24.3 Å². The lowest BCUT2D eigenvalue weighted by Crippen LogP contribution is -2.52. The molecule has 3 atom stereocenters. The van der Waals surface area contributed by atoms with Crippen LogP contribution in [0.2, 0.25) is 0 Å². The summed E-state index contributed by atoms with van der Waals surface area (Å²) in [5.41, 5.74) is 0.892. The number of nitrogens with zero attached hydrogens (tertiary/aromatic N) is 2. The van der Waals surface area contributed by atoms with Gasteiger partial charge >= 0.3 is 0 Å². The van der Waals surface area contributed by atoms with Crippen LogP contribution in [0.25, 0.3) is 6.08 Å². The third kappa shape index (κ3) is 6.51. The summed E-state index contributed by atoms with van der Waals surface area (Å²) >= 11 is 1.63. The molecule has 2 N–H and O–H groups in total. The first-order valence-corrected chi connectivity index (χ1v) is 13.5. The van der Waals surface area contributed by atoms with Gasteiger partial charge in [0.1, 0.15) is 0 Å². The minimum atomic E-state index is -0.0710. The monoisotopic (exact) mass is 502 g/mol. The van der Waals surface area contributed by atoms with Crippen LogP contribution in [0.3, 0.4) is 0 Å². The maximum absolute atomic E-state index is 12.8. The van der Waals surface area contributed by atoms with Crippen molar-refractivity contribution in [3.63, 3.8) is 0 Å². The normalized spacial score (nSPS) is 26.7. The molecule has 3 unspecified atom stereocenters. The molecule has 3 aliphatic rings. The molecule has 35 heavy (non-hydrogen) atoms. The lowest BCUT2D eigenvalue weighted by atomic mass is 9.84. The van der Waals surface area contributed by atoms with Gasteiger partial charge in [-0.1, -0.05) is 13.0 Å². The Kier molecular flexibility index (Phi) is 8.97. The van der Waals surface area contributed by atoms with Crippen molar-refractivity contribution in [1.29, 1.82) is 0 Å². The Morgan fingerprint density at radius 2 is 1.89 bits per heavy atom. The molecule has 0 bridgehead atoms. The average Bonchev–Trinajstić information content (AvgIpc) is 2.89. The highest BCUT2D eigenvalue weighted by atomic mass is 32.2. The second-order valence-electron chi connectivity index (χ2n) is 9.44. The van der Waals surface area contributed by atoms with E-state index in [0.717, 1.165) is 57.7 Å². The van der Waals surface area contributed by atoms with Crippen molar-refractivity contribution in [2.45, 2.75) is 37.5 Å². The van der Waals surface area contributed by atoms with Gasteiger partial charge in [-0.15, -0.1) is 11.8 Å². The SMILES string of the molecule is CCN1CCN(CCNC(=O)C2CCC3S/C(=C/c4ccc(OC)c(OC)c4)C(=O)NC3C2)CC1. The molecule has 8 nitrogen and oxygen atoms in total. The third-order valence-electron chi connectivity index (χ3n) is 7.32. The summed E-state index contributed by atoms with van der Waals surface area (Å²) in [6.45, 7) is 9.25. The van der Waals surface area contributed by atoms with E-state index in [1.54, 1.807) is 26.0 Å². The predicted molar refractivity (Wildman–Crippen MR) is 140 cm³/mol. The van der Waals surface area contributed by atoms with Crippen molar-refractivity contribution in [3.8, 4) is 11.5 Å². The van der Waals surface area contributed by atoms with E-state index in [9.17, 15) is 9.59 Å². The molecule has 1 aliphatic carbocycles. The zero-order chi connectivity index (χ0) is 24.8. The molecule has 2 saturated heterocycles. The van der Waals surface area contributed by atoms with E-state index in [2.05, 4.69) is 27.4 Å². The van der Waals surface area contributed by atoms with Crippen LogP contribution in [0.1, 0.15) is 31.7 Å². The standard InChI is InChI=1S/C26H38N4O4S/c1-4-29-11-13-30(14-12-29)10-9-27-25(31)19-6-8-23-20(17-19)28-26(32)24(35-23)16-18-5-7-21(33-2)22(15-18)34-3/h5,7,15-16,19-20,23H,4,6,8-14,17H2,1-3H3,(H,27,31)(H,28,32)/b24-16+. The van der Waals surface area contributed by atoms with Gasteiger partial charge in [0.05, 0.1) is 19.1 Å². The number of fused-ring (bicyclic) bond motifs is 1. The Balaban J connectivity index is 1.26. The summed E-state index contributed by atoms with van der Waals surface area (Å²) in [6, 6.07) is 5.66. The minimum Gasteiger partial charge on any atom is -0.493 e. The Bertz CT molecular complexity index is 932. The molecule has 4 rings (SSSR count). The number of benzene rings is 1. The first-order valence-electron chi connectivity index (χ1n) is 12.6. The summed E-state index contributed by atoms with van der Waals surface area (Å²) in [5, 5.41) is 6.60. The zero-order valence-electron chi connectivity index (χ0n) is 21.0. The maximum atomic E-state index is 12.8. The largest absolute Gasteiger partial charge is 0.493 e. The van der Waals surface area contributed by atoms with Crippen LogP contribution in [-0.2, 0) is 9.59 Å². The van der Waals surface area contributed by atoms with Crippen molar-refractivity contribution in [2.24, 2.45) is 5.92 Å². The lowest BCUT2D eigenvalue weighted by Gasteiger charge is -2.39. The van der Waals surface area contributed by atoms with Crippen LogP contribution in [0.5, 0.6) is 11.5 Å². The highest BCUT2D eigenvalue weighted by molar-refractivity contribution is 8.04. The summed E-state index contributed by atoms with van der Waals surface area (Å²) in [4.78, 5) is 31.2. The van der Waals surface area contributed by atoms with Gasteiger partial charge in [-0.2, -0.15) is 0 Å². The summed E-state index contributed by atoms with van der Waals surface area (Å²) < 4.78 is 10.7. The van der Waals surface area contributed by atoms with E-state index in [1.165, 1.54) is 0 Å². The van der Waals surface area contributed by atoms with Crippen LogP contribution >= 0.6 is 11.8 Å². The molecule has 1 aromatic rings. The van der Waals surface area contributed by atoms with Crippen molar-refractivity contribution in [1.82, 2.24) is 20.4 Å². The molecule has 0 spiro atoms. The fraction of sp³-hybridized carbons (Fsp3) is 0.615. The highest BCUT2D eigenvalue weighted by Gasteiger charge is 2.39. The van der Waals surface area contributed by atoms with E-state index < -0.39 is 0 Å². The Morgan fingerprint density at radius 3 is 2.60 bits per heavy atom. The number of amides is 2. The summed E-state index contributed by atoms with van der Waals surface area (Å²) in [5.74, 6) is 1.31. The third-order valence-corrected chi connectivity index (χ3v) is 8.75. The molecule has 0 radical (unpaired) electrons. The fourth-order valence-electron chi connectivity index (χ4n) is 5.13.